The van der Waals surface area contributed by atoms with E-state index in [4.69, 9.17) is 18.9 Å². The molecular weight excluding hydrogens is 1030 g/mol. The van der Waals surface area contributed by atoms with Crippen molar-refractivity contribution in [2.45, 2.75) is 270 Å². The van der Waals surface area contributed by atoms with Gasteiger partial charge in [0, 0.05) is 12.8 Å². The van der Waals surface area contributed by atoms with Crippen molar-refractivity contribution in [3.05, 3.63) is 134 Å². The van der Waals surface area contributed by atoms with Crippen molar-refractivity contribution in [1.29, 1.82) is 0 Å². The van der Waals surface area contributed by atoms with Gasteiger partial charge in [0.05, 0.1) is 40.3 Å². The second kappa shape index (κ2) is 63.5. The number of ether oxygens (including phenoxy) is 4. The molecule has 2 atom stereocenters. The molecule has 83 heavy (non-hydrogen) atoms. The number of rotatable bonds is 60. The summed E-state index contributed by atoms with van der Waals surface area (Å²) in [5.41, 5.74) is 0. The fourth-order valence-corrected chi connectivity index (χ4v) is 8.79. The van der Waals surface area contributed by atoms with Gasteiger partial charge in [0.25, 0.3) is 0 Å². The second-order valence-corrected chi connectivity index (χ2v) is 23.0. The molecule has 0 saturated carbocycles. The van der Waals surface area contributed by atoms with Crippen molar-refractivity contribution in [2.24, 2.45) is 0 Å². The fraction of sp³-hybridized carbons (Fsp3) is 0.662. The van der Waals surface area contributed by atoms with Crippen LogP contribution in [0.2, 0.25) is 0 Å². The molecule has 0 heterocycles. The predicted octanol–water partition coefficient (Wildman–Crippen LogP) is 19.2. The molecule has 0 N–H and O–H groups in total. The maximum atomic E-state index is 12.9. The van der Waals surface area contributed by atoms with Gasteiger partial charge in [-0.1, -0.05) is 263 Å². The van der Waals surface area contributed by atoms with Gasteiger partial charge in [0.15, 0.2) is 12.4 Å². The van der Waals surface area contributed by atoms with Crippen LogP contribution in [0.15, 0.2) is 134 Å². The van der Waals surface area contributed by atoms with Crippen LogP contribution < -0.4 is 5.11 Å². The van der Waals surface area contributed by atoms with Crippen molar-refractivity contribution in [2.75, 3.05) is 47.5 Å². The maximum Gasteiger partial charge on any atom is 0.306 e. The number of unbranched alkanes of at least 4 members (excludes halogenated alkanes) is 23. The minimum atomic E-state index is -1.63. The lowest BCUT2D eigenvalue weighted by Crippen LogP contribution is -2.44. The Balaban J connectivity index is 4.13. The van der Waals surface area contributed by atoms with E-state index in [1.165, 1.54) is 109 Å². The summed E-state index contributed by atoms with van der Waals surface area (Å²) in [7, 11) is 5.92. The molecule has 0 fully saturated rings. The first-order valence-electron chi connectivity index (χ1n) is 33.3. The predicted molar refractivity (Wildman–Crippen MR) is 352 cm³/mol. The van der Waals surface area contributed by atoms with Gasteiger partial charge in [0.1, 0.15) is 13.2 Å². The van der Waals surface area contributed by atoms with E-state index in [2.05, 4.69) is 148 Å². The number of esters is 2. The van der Waals surface area contributed by atoms with Crippen LogP contribution in [0.1, 0.15) is 258 Å². The van der Waals surface area contributed by atoms with E-state index in [1.54, 1.807) is 0 Å². The third-order valence-corrected chi connectivity index (χ3v) is 13.9. The van der Waals surface area contributed by atoms with Crippen molar-refractivity contribution >= 4 is 17.9 Å². The van der Waals surface area contributed by atoms with Crippen molar-refractivity contribution in [1.82, 2.24) is 0 Å². The molecule has 0 aliphatic rings. The van der Waals surface area contributed by atoms with Crippen LogP contribution in [0.4, 0.5) is 0 Å². The highest BCUT2D eigenvalue weighted by molar-refractivity contribution is 5.70. The quantitative estimate of drug-likeness (QED) is 0.0195. The lowest BCUT2D eigenvalue weighted by molar-refractivity contribution is -0.870. The van der Waals surface area contributed by atoms with Crippen LogP contribution in [0.25, 0.3) is 0 Å². The van der Waals surface area contributed by atoms with E-state index in [-0.39, 0.29) is 38.6 Å². The fourth-order valence-electron chi connectivity index (χ4n) is 8.79. The van der Waals surface area contributed by atoms with Gasteiger partial charge in [-0.05, 0) is 116 Å². The van der Waals surface area contributed by atoms with E-state index < -0.39 is 24.3 Å². The molecule has 0 spiro atoms. The van der Waals surface area contributed by atoms with Gasteiger partial charge in [0.2, 0.25) is 0 Å². The van der Waals surface area contributed by atoms with E-state index in [0.29, 0.717) is 17.4 Å². The first kappa shape index (κ1) is 78.4. The molecule has 472 valence electrons. The number of likely N-dealkylation sites (N-methyl/N-ethyl adjacent to an activating group) is 1. The first-order chi connectivity index (χ1) is 40.6. The van der Waals surface area contributed by atoms with Gasteiger partial charge < -0.3 is 33.3 Å². The molecule has 0 bridgehead atoms. The first-order valence-corrected chi connectivity index (χ1v) is 33.3. The Morgan fingerprint density at radius 3 is 1.02 bits per heavy atom. The summed E-state index contributed by atoms with van der Waals surface area (Å²) in [6, 6.07) is 0. The number of quaternary nitrogens is 1. The second-order valence-electron chi connectivity index (χ2n) is 23.0. The van der Waals surface area contributed by atoms with Crippen molar-refractivity contribution in [3.63, 3.8) is 0 Å². The third-order valence-electron chi connectivity index (χ3n) is 13.9. The zero-order chi connectivity index (χ0) is 60.5. The molecule has 0 amide bonds. The Morgan fingerprint density at radius 1 is 0.373 bits per heavy atom. The standard InChI is InChI=1S/C74H123NO8/c1-6-8-10-12-14-16-18-20-22-24-26-27-28-29-30-31-32-33-34-35-36-37-38-39-40-41-42-43-44-45-47-49-51-53-55-57-59-61-63-65-72(77)83-70(69-82-74(73(78)79)80-67-66-75(3,4)5)68-81-71(76)64-62-60-58-56-54-52-50-48-46-25-23-21-19-17-15-13-11-9-7-2/h8,10,14-17,20-23,26-27,29-30,32-33,35-36,38-39,46,48,70,74H,6-7,9,11-13,18-19,24-25,28,31,34,37,40-45,47,49-69H2,1-5H3/b10-8-,16-14-,17-15-,22-20-,23-21-,27-26-,30-29-,33-32-,36-35-,39-38-,48-46-. The molecule has 9 heteroatoms. The molecule has 0 saturated heterocycles. The molecule has 0 aliphatic heterocycles. The molecule has 9 nitrogen and oxygen atoms in total. The normalized spacial score (nSPS) is 13.6. The number of carbonyl (C=O) groups excluding carboxylic acids is 3. The van der Waals surface area contributed by atoms with E-state index >= 15 is 0 Å². The number of carboxylic acid groups (broad SMARTS) is 1. The molecule has 0 aromatic heterocycles. The zero-order valence-electron chi connectivity index (χ0n) is 53.8. The van der Waals surface area contributed by atoms with Crippen molar-refractivity contribution < 1.29 is 42.9 Å². The number of hydrogen-bond acceptors (Lipinski definition) is 8. The monoisotopic (exact) mass is 1150 g/mol. The molecule has 0 aromatic rings. The topological polar surface area (TPSA) is 111 Å². The summed E-state index contributed by atoms with van der Waals surface area (Å²) in [5, 5.41) is 11.8. The summed E-state index contributed by atoms with van der Waals surface area (Å²) in [4.78, 5) is 37.4. The Bertz CT molecular complexity index is 1820. The summed E-state index contributed by atoms with van der Waals surface area (Å²) in [6.45, 7) is 4.59. The largest absolute Gasteiger partial charge is 0.545 e. The van der Waals surface area contributed by atoms with E-state index in [0.717, 1.165) is 116 Å². The number of carbonyl (C=O) groups is 3. The molecule has 2 unspecified atom stereocenters. The minimum absolute atomic E-state index is 0.140. The zero-order valence-corrected chi connectivity index (χ0v) is 53.8. The van der Waals surface area contributed by atoms with Crippen LogP contribution >= 0.6 is 0 Å². The smallest absolute Gasteiger partial charge is 0.306 e. The number of allylic oxidation sites excluding steroid dienone is 22. The van der Waals surface area contributed by atoms with Gasteiger partial charge in [-0.25, -0.2) is 0 Å². The van der Waals surface area contributed by atoms with E-state index in [1.807, 2.05) is 21.1 Å². The average Bonchev–Trinajstić information content (AvgIpc) is 3.46. The van der Waals surface area contributed by atoms with Gasteiger partial charge in [-0.3, -0.25) is 9.59 Å². The highest BCUT2D eigenvalue weighted by Gasteiger charge is 2.22. The Morgan fingerprint density at radius 2 is 0.687 bits per heavy atom. The third kappa shape index (κ3) is 64.8. The van der Waals surface area contributed by atoms with Crippen LogP contribution in [0.5, 0.6) is 0 Å². The molecular formula is C74H123NO8. The number of nitrogens with zero attached hydrogens (tertiary/aromatic N) is 1. The summed E-state index contributed by atoms with van der Waals surface area (Å²) in [6.07, 6.45) is 88.0. The Hall–Kier alpha value is -4.57. The Labute approximate surface area is 509 Å². The van der Waals surface area contributed by atoms with Crippen molar-refractivity contribution in [3.8, 4) is 0 Å². The molecule has 0 radical (unpaired) electrons. The summed E-state index contributed by atoms with van der Waals surface area (Å²) < 4.78 is 22.7. The van der Waals surface area contributed by atoms with Gasteiger partial charge >= 0.3 is 11.9 Å². The SMILES string of the molecule is CC/C=C\C/C=C\C/C=C\C/C=C\C/C=C\C/C=C\C/C=C\C/C=C\CCCCCCCCCCCCCCCCC(=O)OC(COC(=O)CCCCCCCC/C=C\C/C=C\C/C=C\CCCCC)COC(OCC[N+](C)(C)C)C(=O)[O-]. The van der Waals surface area contributed by atoms with E-state index in [9.17, 15) is 19.5 Å². The minimum Gasteiger partial charge on any atom is -0.545 e. The Kier molecular flexibility index (Phi) is 60.0. The molecule has 0 aromatic carbocycles. The number of hydrogen-bond donors (Lipinski definition) is 0. The molecule has 0 aliphatic carbocycles. The number of aliphatic carboxylic acids is 1. The maximum absolute atomic E-state index is 12.9. The summed E-state index contributed by atoms with van der Waals surface area (Å²) in [5.74, 6) is -2.31. The van der Waals surface area contributed by atoms with Crippen LogP contribution in [0.3, 0.4) is 0 Å². The highest BCUT2D eigenvalue weighted by atomic mass is 16.7. The lowest BCUT2D eigenvalue weighted by Gasteiger charge is -2.26. The van der Waals surface area contributed by atoms with Gasteiger partial charge in [-0.15, -0.1) is 0 Å². The van der Waals surface area contributed by atoms with Crippen LogP contribution in [0, 0.1) is 0 Å². The average molecular weight is 1150 g/mol. The lowest BCUT2D eigenvalue weighted by atomic mass is 10.0. The molecule has 0 rings (SSSR count). The highest BCUT2D eigenvalue weighted by Crippen LogP contribution is 2.16. The number of carboxylic acids is 1. The van der Waals surface area contributed by atoms with Gasteiger partial charge in [-0.2, -0.15) is 0 Å². The van der Waals surface area contributed by atoms with Crippen LogP contribution in [-0.4, -0.2) is 82.3 Å². The summed E-state index contributed by atoms with van der Waals surface area (Å²) >= 11 is 0. The van der Waals surface area contributed by atoms with Crippen LogP contribution in [-0.2, 0) is 33.3 Å².